The van der Waals surface area contributed by atoms with Crippen molar-refractivity contribution in [2.75, 3.05) is 51.5 Å². The zero-order valence-corrected chi connectivity index (χ0v) is 27.6. The molecule has 232 valence electrons. The van der Waals surface area contributed by atoms with E-state index in [2.05, 4.69) is 25.7 Å². The number of nitrogens with one attached hydrogen (secondary N) is 1. The van der Waals surface area contributed by atoms with Gasteiger partial charge in [-0.05, 0) is 62.8 Å². The van der Waals surface area contributed by atoms with Crippen LogP contribution in [0.15, 0.2) is 18.2 Å². The summed E-state index contributed by atoms with van der Waals surface area (Å²) >= 11 is 0. The Bertz CT molecular complexity index is 1290. The summed E-state index contributed by atoms with van der Waals surface area (Å²) < 4.78 is 38.5. The highest BCUT2D eigenvalue weighted by Gasteiger charge is 2.34. The molecule has 2 heterocycles. The number of hydrogen-bond donors (Lipinski definition) is 1. The summed E-state index contributed by atoms with van der Waals surface area (Å²) in [5.74, 6) is 0.307. The number of ether oxygens (including phenoxy) is 4. The molecule has 0 atom stereocenters. The van der Waals surface area contributed by atoms with Crippen molar-refractivity contribution in [2.24, 2.45) is 0 Å². The molecular formula is C32H45BrFN3O5. The van der Waals surface area contributed by atoms with Crippen LogP contribution in [0.1, 0.15) is 81.4 Å². The molecule has 1 N–H and O–H groups in total. The second-order valence-electron chi connectivity index (χ2n) is 11.5. The fourth-order valence-electron chi connectivity index (χ4n) is 5.70. The number of anilines is 1. The summed E-state index contributed by atoms with van der Waals surface area (Å²) in [5.41, 5.74) is 2.88. The van der Waals surface area contributed by atoms with E-state index in [-0.39, 0.29) is 71.1 Å². The van der Waals surface area contributed by atoms with E-state index in [1.54, 1.807) is 25.0 Å². The van der Waals surface area contributed by atoms with Gasteiger partial charge in [-0.25, -0.2) is 4.39 Å². The quantitative estimate of drug-likeness (QED) is 0.277. The lowest BCUT2D eigenvalue weighted by molar-refractivity contribution is 0.0458. The molecule has 0 aromatic heterocycles. The third-order valence-corrected chi connectivity index (χ3v) is 7.69. The van der Waals surface area contributed by atoms with Gasteiger partial charge in [0.1, 0.15) is 11.6 Å². The van der Waals surface area contributed by atoms with Gasteiger partial charge in [-0.15, -0.1) is 17.0 Å². The van der Waals surface area contributed by atoms with Crippen LogP contribution in [0.4, 0.5) is 10.1 Å². The molecule has 2 aromatic rings. The normalized spacial score (nSPS) is 15.4. The molecule has 2 aliphatic heterocycles. The number of ketones is 1. The summed E-state index contributed by atoms with van der Waals surface area (Å²) in [5, 5.41) is 8.74. The third kappa shape index (κ3) is 6.86. The largest absolute Gasteiger partial charge is 0.494 e. The van der Waals surface area contributed by atoms with Crippen molar-refractivity contribution >= 4 is 34.3 Å². The number of carbonyl (C=O) groups excluding carboxylic acids is 1. The Morgan fingerprint density at radius 3 is 2.26 bits per heavy atom. The number of halogens is 2. The monoisotopic (exact) mass is 649 g/mol. The summed E-state index contributed by atoms with van der Waals surface area (Å²) in [6, 6.07) is 5.54. The van der Waals surface area contributed by atoms with Crippen LogP contribution in [0.25, 0.3) is 0 Å². The molecule has 0 saturated carbocycles. The first kappa shape index (κ1) is 33.6. The van der Waals surface area contributed by atoms with Gasteiger partial charge < -0.3 is 28.7 Å². The van der Waals surface area contributed by atoms with Crippen LogP contribution in [0.3, 0.4) is 0 Å². The highest BCUT2D eigenvalue weighted by Crippen LogP contribution is 2.42. The van der Waals surface area contributed by atoms with Crippen molar-refractivity contribution in [3.05, 3.63) is 46.3 Å². The zero-order chi connectivity index (χ0) is 29.9. The number of nitrogens with zero attached hydrogens (tertiary/aromatic N) is 2. The van der Waals surface area contributed by atoms with Crippen LogP contribution in [0.2, 0.25) is 0 Å². The Balaban J connectivity index is 0.00000484. The smallest absolute Gasteiger partial charge is 0.197 e. The maximum absolute atomic E-state index is 15.5. The zero-order valence-electron chi connectivity index (χ0n) is 25.9. The van der Waals surface area contributed by atoms with Gasteiger partial charge in [0.25, 0.3) is 0 Å². The Hall–Kier alpha value is -2.85. The Kier molecular flexibility index (Phi) is 11.3. The molecule has 0 bridgehead atoms. The second-order valence-corrected chi connectivity index (χ2v) is 11.5. The highest BCUT2D eigenvalue weighted by atomic mass is 79.9. The van der Waals surface area contributed by atoms with Crippen molar-refractivity contribution in [1.29, 1.82) is 5.41 Å². The standard InChI is InChI=1S/C32H44FN3O5.BrH/c1-8-39-22-11-13-35(14-12-22)24-16-20(15-23(29(24)38-7)32(4,5)6)25(37)19-36-18-21-17-26(40-9-2)30(41-10-3)28(33)27(21)31(36)34;/h15-17,22,34H,8-14,18-19H2,1-7H3;1H. The van der Waals surface area contributed by atoms with Crippen LogP contribution in [0, 0.1) is 11.2 Å². The molecule has 0 radical (unpaired) electrons. The van der Waals surface area contributed by atoms with Crippen LogP contribution < -0.4 is 19.1 Å². The van der Waals surface area contributed by atoms with Gasteiger partial charge in [0, 0.05) is 37.4 Å². The molecule has 4 rings (SSSR count). The molecule has 0 aliphatic carbocycles. The van der Waals surface area contributed by atoms with E-state index >= 15 is 4.39 Å². The van der Waals surface area contributed by atoms with Crippen molar-refractivity contribution in [3.63, 3.8) is 0 Å². The number of amidine groups is 1. The van der Waals surface area contributed by atoms with Gasteiger partial charge in [0.05, 0.1) is 44.2 Å². The molecule has 1 saturated heterocycles. The predicted molar refractivity (Wildman–Crippen MR) is 169 cm³/mol. The minimum Gasteiger partial charge on any atom is -0.494 e. The number of methoxy groups -OCH3 is 1. The van der Waals surface area contributed by atoms with E-state index in [0.717, 1.165) is 42.9 Å². The lowest BCUT2D eigenvalue weighted by Crippen LogP contribution is -2.37. The molecule has 0 amide bonds. The van der Waals surface area contributed by atoms with E-state index in [9.17, 15) is 4.79 Å². The van der Waals surface area contributed by atoms with E-state index in [1.807, 2.05) is 26.0 Å². The summed E-state index contributed by atoms with van der Waals surface area (Å²) in [4.78, 5) is 17.7. The third-order valence-electron chi connectivity index (χ3n) is 7.69. The van der Waals surface area contributed by atoms with Gasteiger partial charge in [-0.2, -0.15) is 0 Å². The van der Waals surface area contributed by atoms with Gasteiger partial charge in [-0.3, -0.25) is 10.2 Å². The SMILES string of the molecule is Br.CCOc1cc2c(c(F)c1OCC)C(=N)N(CC(=O)c1cc(N3CCC(OCC)CC3)c(OC)c(C(C)(C)C)c1)C2. The van der Waals surface area contributed by atoms with E-state index in [4.69, 9.17) is 24.4 Å². The number of fused-ring (bicyclic) bond motifs is 1. The van der Waals surface area contributed by atoms with E-state index < -0.39 is 5.82 Å². The average Bonchev–Trinajstić information content (AvgIpc) is 3.24. The van der Waals surface area contributed by atoms with Gasteiger partial charge in [0.2, 0.25) is 0 Å². The molecule has 10 heteroatoms. The minimum absolute atomic E-state index is 0. The maximum Gasteiger partial charge on any atom is 0.197 e. The van der Waals surface area contributed by atoms with Crippen molar-refractivity contribution in [3.8, 4) is 17.2 Å². The lowest BCUT2D eigenvalue weighted by atomic mass is 9.84. The first-order chi connectivity index (χ1) is 19.5. The van der Waals surface area contributed by atoms with Crippen molar-refractivity contribution in [2.45, 2.75) is 72.4 Å². The Morgan fingerprint density at radius 1 is 1.02 bits per heavy atom. The minimum atomic E-state index is -0.620. The van der Waals surface area contributed by atoms with Crippen molar-refractivity contribution in [1.82, 2.24) is 4.90 Å². The first-order valence-corrected chi connectivity index (χ1v) is 14.6. The van der Waals surface area contributed by atoms with Gasteiger partial charge in [0.15, 0.2) is 23.1 Å². The number of carbonyl (C=O) groups is 1. The number of hydrogen-bond acceptors (Lipinski definition) is 7. The Labute approximate surface area is 259 Å². The highest BCUT2D eigenvalue weighted by molar-refractivity contribution is 8.93. The van der Waals surface area contributed by atoms with Crippen LogP contribution in [-0.2, 0) is 16.7 Å². The number of piperidine rings is 1. The molecule has 2 aromatic carbocycles. The lowest BCUT2D eigenvalue weighted by Gasteiger charge is -2.36. The topological polar surface area (TPSA) is 84.3 Å². The number of rotatable bonds is 11. The summed E-state index contributed by atoms with van der Waals surface area (Å²) in [6.45, 7) is 15.0. The molecule has 2 aliphatic rings. The molecule has 42 heavy (non-hydrogen) atoms. The van der Waals surface area contributed by atoms with Gasteiger partial charge >= 0.3 is 0 Å². The Morgan fingerprint density at radius 2 is 1.69 bits per heavy atom. The van der Waals surface area contributed by atoms with E-state index in [0.29, 0.717) is 30.1 Å². The van der Waals surface area contributed by atoms with Crippen LogP contribution in [0.5, 0.6) is 17.2 Å². The first-order valence-electron chi connectivity index (χ1n) is 14.6. The van der Waals surface area contributed by atoms with E-state index in [1.165, 1.54) is 0 Å². The second kappa shape index (κ2) is 14.1. The molecule has 1 fully saturated rings. The maximum atomic E-state index is 15.5. The van der Waals surface area contributed by atoms with Gasteiger partial charge in [-0.1, -0.05) is 20.8 Å². The number of benzene rings is 2. The molecule has 0 unspecified atom stereocenters. The fraction of sp³-hybridized carbons (Fsp3) is 0.562. The fourth-order valence-corrected chi connectivity index (χ4v) is 5.70. The predicted octanol–water partition coefficient (Wildman–Crippen LogP) is 6.54. The van der Waals surface area contributed by atoms with Crippen LogP contribution >= 0.6 is 17.0 Å². The summed E-state index contributed by atoms with van der Waals surface area (Å²) in [7, 11) is 1.67. The summed E-state index contributed by atoms with van der Waals surface area (Å²) in [6.07, 6.45) is 2.05. The average molecular weight is 651 g/mol. The molecule has 8 nitrogen and oxygen atoms in total. The number of Topliss-reactive ketones (excluding diaryl/α,β-unsaturated/α-hetero) is 1. The molecular weight excluding hydrogens is 605 g/mol. The molecule has 0 spiro atoms. The van der Waals surface area contributed by atoms with Crippen LogP contribution in [-0.4, -0.2) is 69.2 Å². The van der Waals surface area contributed by atoms with Crippen molar-refractivity contribution < 1.29 is 28.1 Å².